The molecule has 8 heteroatoms. The van der Waals surface area contributed by atoms with Gasteiger partial charge in [0.05, 0.1) is 13.7 Å². The lowest BCUT2D eigenvalue weighted by molar-refractivity contribution is -0.129. The highest BCUT2D eigenvalue weighted by Crippen LogP contribution is 2.25. The number of hydrogen-bond acceptors (Lipinski definition) is 6. The molecular weight excluding hydrogens is 282 g/mol. The van der Waals surface area contributed by atoms with Gasteiger partial charge in [-0.05, 0) is 12.1 Å². The first-order chi connectivity index (χ1) is 10.0. The van der Waals surface area contributed by atoms with Crippen LogP contribution in [0.1, 0.15) is 10.4 Å². The van der Waals surface area contributed by atoms with Crippen molar-refractivity contribution in [1.82, 2.24) is 4.90 Å². The molecule has 1 N–H and O–H groups in total. The van der Waals surface area contributed by atoms with Crippen molar-refractivity contribution in [2.24, 2.45) is 0 Å². The monoisotopic (exact) mass is 295 g/mol. The maximum atomic E-state index is 11.8. The van der Waals surface area contributed by atoms with E-state index in [0.29, 0.717) is 5.75 Å². The number of methoxy groups -OCH3 is 1. The number of hydrogen-bond donors (Lipinski definition) is 1. The van der Waals surface area contributed by atoms with Crippen molar-refractivity contribution < 1.29 is 33.7 Å². The highest BCUT2D eigenvalue weighted by molar-refractivity contribution is 5.94. The predicted molar refractivity (Wildman–Crippen MR) is 68.5 cm³/mol. The van der Waals surface area contributed by atoms with Gasteiger partial charge in [-0.1, -0.05) is 0 Å². The third-order valence-electron chi connectivity index (χ3n) is 2.83. The number of amides is 2. The molecule has 1 aromatic rings. The summed E-state index contributed by atoms with van der Waals surface area (Å²) < 4.78 is 14.8. The number of imide groups is 1. The number of aromatic carboxylic acids is 1. The number of benzene rings is 1. The molecule has 1 saturated heterocycles. The summed E-state index contributed by atoms with van der Waals surface area (Å²) >= 11 is 0. The van der Waals surface area contributed by atoms with Crippen molar-refractivity contribution in [3.63, 3.8) is 0 Å². The molecule has 0 aliphatic carbocycles. The highest BCUT2D eigenvalue weighted by atomic mass is 16.6. The number of cyclic esters (lactones) is 1. The number of carbonyl (C=O) groups is 3. The van der Waals surface area contributed by atoms with Crippen molar-refractivity contribution in [2.75, 3.05) is 26.9 Å². The Labute approximate surface area is 119 Å². The lowest BCUT2D eigenvalue weighted by atomic mass is 10.2. The third-order valence-corrected chi connectivity index (χ3v) is 2.83. The van der Waals surface area contributed by atoms with Gasteiger partial charge in [-0.15, -0.1) is 0 Å². The quantitative estimate of drug-likeness (QED) is 0.855. The van der Waals surface area contributed by atoms with Gasteiger partial charge >= 0.3 is 12.1 Å². The standard InChI is InChI=1S/C13H13NO7/c1-19-8-2-3-9(12(16)17)10(6-8)21-7-11(15)14-4-5-20-13(14)18/h2-3,6H,4-5,7H2,1H3,(H,16,17). The molecule has 2 rings (SSSR count). The van der Waals surface area contributed by atoms with Crippen molar-refractivity contribution in [2.45, 2.75) is 0 Å². The van der Waals surface area contributed by atoms with Crippen LogP contribution >= 0.6 is 0 Å². The van der Waals surface area contributed by atoms with E-state index in [1.165, 1.54) is 25.3 Å². The smallest absolute Gasteiger partial charge is 0.416 e. The second kappa shape index (κ2) is 6.12. The number of carboxylic acids is 1. The predicted octanol–water partition coefficient (Wildman–Crippen LogP) is 0.751. The van der Waals surface area contributed by atoms with Crippen LogP contribution in [0.3, 0.4) is 0 Å². The first-order valence-corrected chi connectivity index (χ1v) is 6.04. The van der Waals surface area contributed by atoms with E-state index in [9.17, 15) is 14.4 Å². The molecule has 2 amide bonds. The molecule has 0 aromatic heterocycles. The lowest BCUT2D eigenvalue weighted by Crippen LogP contribution is -2.35. The second-order valence-electron chi connectivity index (χ2n) is 4.12. The fourth-order valence-electron chi connectivity index (χ4n) is 1.76. The number of carboxylic acid groups (broad SMARTS) is 1. The molecule has 0 bridgehead atoms. The van der Waals surface area contributed by atoms with Crippen LogP contribution in [0.15, 0.2) is 18.2 Å². The molecule has 112 valence electrons. The van der Waals surface area contributed by atoms with Gasteiger partial charge in [0, 0.05) is 6.07 Å². The molecule has 0 saturated carbocycles. The molecule has 1 fully saturated rings. The number of nitrogens with zero attached hydrogens (tertiary/aromatic N) is 1. The van der Waals surface area contributed by atoms with Crippen molar-refractivity contribution in [1.29, 1.82) is 0 Å². The van der Waals surface area contributed by atoms with E-state index in [-0.39, 0.29) is 24.5 Å². The minimum Gasteiger partial charge on any atom is -0.497 e. The number of rotatable bonds is 5. The normalized spacial score (nSPS) is 13.8. The van der Waals surface area contributed by atoms with Gasteiger partial charge in [0.2, 0.25) is 0 Å². The summed E-state index contributed by atoms with van der Waals surface area (Å²) in [5.74, 6) is -1.41. The molecule has 8 nitrogen and oxygen atoms in total. The van der Waals surface area contributed by atoms with E-state index in [1.807, 2.05) is 0 Å². The molecule has 0 unspecified atom stereocenters. The first kappa shape index (κ1) is 14.6. The highest BCUT2D eigenvalue weighted by Gasteiger charge is 2.28. The zero-order valence-corrected chi connectivity index (χ0v) is 11.2. The van der Waals surface area contributed by atoms with Crippen LogP contribution in [0, 0.1) is 0 Å². The van der Waals surface area contributed by atoms with Gasteiger partial charge in [0.15, 0.2) is 6.61 Å². The lowest BCUT2D eigenvalue weighted by Gasteiger charge is -2.13. The SMILES string of the molecule is COc1ccc(C(=O)O)c(OCC(=O)N2CCOC2=O)c1. The molecular formula is C13H13NO7. The van der Waals surface area contributed by atoms with E-state index in [2.05, 4.69) is 4.74 Å². The average Bonchev–Trinajstić information content (AvgIpc) is 2.90. The Morgan fingerprint density at radius 2 is 2.19 bits per heavy atom. The summed E-state index contributed by atoms with van der Waals surface area (Å²) in [6.45, 7) is -0.169. The van der Waals surface area contributed by atoms with Crippen molar-refractivity contribution in [3.8, 4) is 11.5 Å². The molecule has 0 spiro atoms. The first-order valence-electron chi connectivity index (χ1n) is 6.04. The van der Waals surface area contributed by atoms with Crippen LogP contribution in [0.25, 0.3) is 0 Å². The second-order valence-corrected chi connectivity index (χ2v) is 4.12. The molecule has 1 aliphatic rings. The number of ether oxygens (including phenoxy) is 3. The Bertz CT molecular complexity index is 584. The molecule has 1 heterocycles. The Kier molecular flexibility index (Phi) is 4.27. The minimum atomic E-state index is -1.19. The van der Waals surface area contributed by atoms with Crippen LogP contribution in [0.2, 0.25) is 0 Å². The summed E-state index contributed by atoms with van der Waals surface area (Å²) in [5.41, 5.74) is -0.104. The van der Waals surface area contributed by atoms with Gasteiger partial charge in [-0.2, -0.15) is 0 Å². The minimum absolute atomic E-state index is 0.0113. The van der Waals surface area contributed by atoms with E-state index in [4.69, 9.17) is 14.6 Å². The number of carbonyl (C=O) groups excluding carboxylic acids is 2. The topological polar surface area (TPSA) is 102 Å². The molecule has 21 heavy (non-hydrogen) atoms. The van der Waals surface area contributed by atoms with Gasteiger partial charge in [0.1, 0.15) is 23.7 Å². The van der Waals surface area contributed by atoms with Crippen LogP contribution in [0.4, 0.5) is 4.79 Å². The van der Waals surface area contributed by atoms with E-state index >= 15 is 0 Å². The van der Waals surface area contributed by atoms with Crippen LogP contribution in [-0.2, 0) is 9.53 Å². The molecule has 1 aromatic carbocycles. The Morgan fingerprint density at radius 1 is 1.43 bits per heavy atom. The summed E-state index contributed by atoms with van der Waals surface area (Å²) in [4.78, 5) is 35.0. The fraction of sp³-hybridized carbons (Fsp3) is 0.308. The van der Waals surface area contributed by atoms with E-state index in [0.717, 1.165) is 4.90 Å². The summed E-state index contributed by atoms with van der Waals surface area (Å²) in [6.07, 6.45) is -0.729. The fourth-order valence-corrected chi connectivity index (χ4v) is 1.76. The molecule has 0 radical (unpaired) electrons. The van der Waals surface area contributed by atoms with Crippen LogP contribution in [0.5, 0.6) is 11.5 Å². The average molecular weight is 295 g/mol. The summed E-state index contributed by atoms with van der Waals surface area (Å²) in [5, 5.41) is 9.06. The maximum Gasteiger partial charge on any atom is 0.416 e. The third kappa shape index (κ3) is 3.22. The van der Waals surface area contributed by atoms with Crippen molar-refractivity contribution >= 4 is 18.0 Å². The largest absolute Gasteiger partial charge is 0.497 e. The van der Waals surface area contributed by atoms with Gasteiger partial charge in [-0.3, -0.25) is 4.79 Å². The van der Waals surface area contributed by atoms with Crippen LogP contribution in [-0.4, -0.2) is 54.8 Å². The van der Waals surface area contributed by atoms with Crippen LogP contribution < -0.4 is 9.47 Å². The Hall–Kier alpha value is -2.77. The van der Waals surface area contributed by atoms with Gasteiger partial charge in [-0.25, -0.2) is 14.5 Å². The van der Waals surface area contributed by atoms with E-state index in [1.54, 1.807) is 0 Å². The maximum absolute atomic E-state index is 11.8. The molecule has 0 atom stereocenters. The molecule has 1 aliphatic heterocycles. The van der Waals surface area contributed by atoms with E-state index < -0.39 is 24.6 Å². The Morgan fingerprint density at radius 3 is 2.76 bits per heavy atom. The zero-order valence-electron chi connectivity index (χ0n) is 11.2. The Balaban J connectivity index is 2.09. The van der Waals surface area contributed by atoms with Crippen molar-refractivity contribution in [3.05, 3.63) is 23.8 Å². The summed E-state index contributed by atoms with van der Waals surface area (Å²) in [6, 6.07) is 4.14. The van der Waals surface area contributed by atoms with Gasteiger partial charge < -0.3 is 19.3 Å². The summed E-state index contributed by atoms with van der Waals surface area (Å²) in [7, 11) is 1.42. The van der Waals surface area contributed by atoms with Gasteiger partial charge in [0.25, 0.3) is 5.91 Å². The zero-order chi connectivity index (χ0) is 15.4.